The van der Waals surface area contributed by atoms with Gasteiger partial charge >= 0.3 is 0 Å². The number of nitrogens with one attached hydrogen (secondary N) is 1. The van der Waals surface area contributed by atoms with Crippen LogP contribution in [-0.2, 0) is 0 Å². The Kier molecular flexibility index (Phi) is 2.65. The Morgan fingerprint density at radius 3 is 2.57 bits per heavy atom. The molecule has 0 spiro atoms. The fourth-order valence-corrected chi connectivity index (χ4v) is 1.50. The van der Waals surface area contributed by atoms with E-state index in [2.05, 4.69) is 29.6 Å². The summed E-state index contributed by atoms with van der Waals surface area (Å²) >= 11 is 0. The fraction of sp³-hybridized carbons (Fsp3) is 0.167. The van der Waals surface area contributed by atoms with Crippen molar-refractivity contribution >= 4 is 16.5 Å². The van der Waals surface area contributed by atoms with Crippen LogP contribution in [0.5, 0.6) is 0 Å². The molecule has 0 aliphatic heterocycles. The zero-order valence-corrected chi connectivity index (χ0v) is 7.90. The van der Waals surface area contributed by atoms with E-state index in [1.165, 1.54) is 10.8 Å². The summed E-state index contributed by atoms with van der Waals surface area (Å²) in [6.45, 7) is 0.755. The lowest BCUT2D eigenvalue weighted by atomic mass is 10.1. The molecule has 0 saturated carbocycles. The minimum absolute atomic E-state index is 0.160. The Labute approximate surface area is 83.2 Å². The van der Waals surface area contributed by atoms with Gasteiger partial charge in [0.1, 0.15) is 0 Å². The largest absolute Gasteiger partial charge is 0.395 e. The molecule has 2 N–H and O–H groups in total. The summed E-state index contributed by atoms with van der Waals surface area (Å²) in [4.78, 5) is 0. The summed E-state index contributed by atoms with van der Waals surface area (Å²) in [5.41, 5.74) is 1.05. The molecule has 0 aromatic heterocycles. The molecule has 0 atom stereocenters. The van der Waals surface area contributed by atoms with E-state index < -0.39 is 0 Å². The van der Waals surface area contributed by atoms with Crippen LogP contribution in [0, 0.1) is 0 Å². The van der Waals surface area contributed by atoms with Crippen molar-refractivity contribution in [1.29, 1.82) is 0 Å². The monoisotopic (exact) mass is 187 g/mol. The summed E-state index contributed by atoms with van der Waals surface area (Å²) in [5.74, 6) is 0. The quantitative estimate of drug-likeness (QED) is 0.772. The molecule has 0 heterocycles. The smallest absolute Gasteiger partial charge is 0.0604 e. The lowest BCUT2D eigenvalue weighted by Gasteiger charge is -2.05. The normalized spacial score (nSPS) is 10.4. The van der Waals surface area contributed by atoms with Crippen molar-refractivity contribution in [2.75, 3.05) is 18.5 Å². The first-order chi connectivity index (χ1) is 6.90. The number of benzene rings is 2. The van der Waals surface area contributed by atoms with Gasteiger partial charge in [0.2, 0.25) is 0 Å². The van der Waals surface area contributed by atoms with E-state index in [9.17, 15) is 0 Å². The molecule has 2 nitrogen and oxygen atoms in total. The molecule has 2 aromatic carbocycles. The van der Waals surface area contributed by atoms with Crippen LogP contribution in [0.3, 0.4) is 0 Å². The lowest BCUT2D eigenvalue weighted by molar-refractivity contribution is 0.311. The summed E-state index contributed by atoms with van der Waals surface area (Å²) in [6, 6.07) is 14.4. The third kappa shape index (κ3) is 1.86. The molecule has 0 fully saturated rings. The van der Waals surface area contributed by atoms with Gasteiger partial charge in [-0.1, -0.05) is 30.3 Å². The van der Waals surface area contributed by atoms with Crippen LogP contribution < -0.4 is 5.32 Å². The number of fused-ring (bicyclic) bond motifs is 1. The predicted octanol–water partition coefficient (Wildman–Crippen LogP) is 2.24. The van der Waals surface area contributed by atoms with Crippen LogP contribution in [0.25, 0.3) is 10.8 Å². The maximum Gasteiger partial charge on any atom is 0.0604 e. The number of aliphatic hydroxyl groups excluding tert-OH is 1. The average molecular weight is 187 g/mol. The summed E-state index contributed by atoms with van der Waals surface area (Å²) in [6.07, 6.45) is 0. The molecule has 0 saturated heterocycles. The van der Waals surface area contributed by atoms with Gasteiger partial charge < -0.3 is 10.4 Å². The minimum Gasteiger partial charge on any atom is -0.395 e. The minimum atomic E-state index is 0.160. The Bertz CT molecular complexity index is 425. The van der Waals surface area contributed by atoms with E-state index >= 15 is 0 Å². The maximum absolute atomic E-state index is 8.68. The Morgan fingerprint density at radius 2 is 1.79 bits per heavy atom. The van der Waals surface area contributed by atoms with Gasteiger partial charge in [0.25, 0.3) is 0 Å². The SMILES string of the molecule is OCCNc1ccc2ccccc2c1. The Morgan fingerprint density at radius 1 is 1.00 bits per heavy atom. The first-order valence-corrected chi connectivity index (χ1v) is 4.74. The molecule has 2 heteroatoms. The number of hydrogen-bond donors (Lipinski definition) is 2. The molecule has 0 amide bonds. The summed E-state index contributed by atoms with van der Waals surface area (Å²) in [5, 5.41) is 14.3. The molecule has 2 rings (SSSR count). The fourth-order valence-electron chi connectivity index (χ4n) is 1.50. The van der Waals surface area contributed by atoms with Crippen LogP contribution in [0.4, 0.5) is 5.69 Å². The highest BCUT2D eigenvalue weighted by Gasteiger charge is 1.94. The number of hydrogen-bond acceptors (Lipinski definition) is 2. The average Bonchev–Trinajstić information content (AvgIpc) is 2.26. The van der Waals surface area contributed by atoms with Crippen LogP contribution >= 0.6 is 0 Å². The molecule has 0 bridgehead atoms. The van der Waals surface area contributed by atoms with E-state index in [1.807, 2.05) is 18.2 Å². The summed E-state index contributed by atoms with van der Waals surface area (Å²) < 4.78 is 0. The van der Waals surface area contributed by atoms with E-state index in [0.29, 0.717) is 6.54 Å². The number of anilines is 1. The van der Waals surface area contributed by atoms with Crippen LogP contribution in [-0.4, -0.2) is 18.3 Å². The molecular formula is C12H13NO. The maximum atomic E-state index is 8.68. The molecule has 0 radical (unpaired) electrons. The molecule has 0 unspecified atom stereocenters. The zero-order valence-electron chi connectivity index (χ0n) is 7.90. The topological polar surface area (TPSA) is 32.3 Å². The second-order valence-corrected chi connectivity index (χ2v) is 3.21. The van der Waals surface area contributed by atoms with Gasteiger partial charge in [-0.05, 0) is 22.9 Å². The van der Waals surface area contributed by atoms with Crippen molar-refractivity contribution < 1.29 is 5.11 Å². The molecule has 0 aliphatic rings. The standard InChI is InChI=1S/C12H13NO/c14-8-7-13-12-6-5-10-3-1-2-4-11(10)9-12/h1-6,9,13-14H,7-8H2. The zero-order chi connectivity index (χ0) is 9.80. The van der Waals surface area contributed by atoms with Gasteiger partial charge in [-0.25, -0.2) is 0 Å². The van der Waals surface area contributed by atoms with Crippen molar-refractivity contribution in [3.8, 4) is 0 Å². The van der Waals surface area contributed by atoms with Crippen molar-refractivity contribution in [3.63, 3.8) is 0 Å². The van der Waals surface area contributed by atoms with Crippen LogP contribution in [0.15, 0.2) is 42.5 Å². The van der Waals surface area contributed by atoms with Crippen molar-refractivity contribution in [1.82, 2.24) is 0 Å². The second kappa shape index (κ2) is 4.11. The highest BCUT2D eigenvalue weighted by atomic mass is 16.3. The van der Waals surface area contributed by atoms with E-state index in [-0.39, 0.29) is 6.61 Å². The first kappa shape index (κ1) is 9.03. The van der Waals surface area contributed by atoms with E-state index in [0.717, 1.165) is 5.69 Å². The molecule has 72 valence electrons. The predicted molar refractivity (Wildman–Crippen MR) is 59.5 cm³/mol. The third-order valence-electron chi connectivity index (χ3n) is 2.19. The Hall–Kier alpha value is -1.54. The second-order valence-electron chi connectivity index (χ2n) is 3.21. The molecule has 14 heavy (non-hydrogen) atoms. The molecular weight excluding hydrogens is 174 g/mol. The summed E-state index contributed by atoms with van der Waals surface area (Å²) in [7, 11) is 0. The molecule has 0 aliphatic carbocycles. The van der Waals surface area contributed by atoms with Gasteiger partial charge in [0, 0.05) is 12.2 Å². The van der Waals surface area contributed by atoms with Gasteiger partial charge in [0.05, 0.1) is 6.61 Å². The van der Waals surface area contributed by atoms with Crippen molar-refractivity contribution in [3.05, 3.63) is 42.5 Å². The van der Waals surface area contributed by atoms with Gasteiger partial charge in [-0.2, -0.15) is 0 Å². The van der Waals surface area contributed by atoms with Gasteiger partial charge in [-0.3, -0.25) is 0 Å². The van der Waals surface area contributed by atoms with Gasteiger partial charge in [0.15, 0.2) is 0 Å². The van der Waals surface area contributed by atoms with Crippen LogP contribution in [0.1, 0.15) is 0 Å². The van der Waals surface area contributed by atoms with E-state index in [4.69, 9.17) is 5.11 Å². The highest BCUT2D eigenvalue weighted by Crippen LogP contribution is 2.18. The van der Waals surface area contributed by atoms with Crippen LogP contribution in [0.2, 0.25) is 0 Å². The number of rotatable bonds is 3. The molecule has 2 aromatic rings. The highest BCUT2D eigenvalue weighted by molar-refractivity contribution is 5.85. The van der Waals surface area contributed by atoms with Crippen molar-refractivity contribution in [2.45, 2.75) is 0 Å². The third-order valence-corrected chi connectivity index (χ3v) is 2.19. The van der Waals surface area contributed by atoms with E-state index in [1.54, 1.807) is 0 Å². The number of aliphatic hydroxyl groups is 1. The van der Waals surface area contributed by atoms with Gasteiger partial charge in [-0.15, -0.1) is 0 Å². The van der Waals surface area contributed by atoms with Crippen molar-refractivity contribution in [2.24, 2.45) is 0 Å². The Balaban J connectivity index is 2.32. The first-order valence-electron chi connectivity index (χ1n) is 4.74. The lowest BCUT2D eigenvalue weighted by Crippen LogP contribution is -2.04.